The highest BCUT2D eigenvalue weighted by Crippen LogP contribution is 2.27. The van der Waals surface area contributed by atoms with Crippen LogP contribution in [0.5, 0.6) is 0 Å². The monoisotopic (exact) mass is 343 g/mol. The molecule has 2 bridgehead atoms. The summed E-state index contributed by atoms with van der Waals surface area (Å²) in [5, 5.41) is 3.61. The van der Waals surface area contributed by atoms with Crippen molar-refractivity contribution in [2.24, 2.45) is 5.92 Å². The van der Waals surface area contributed by atoms with Crippen molar-refractivity contribution >= 4 is 24.2 Å². The van der Waals surface area contributed by atoms with Gasteiger partial charge in [0, 0.05) is 44.2 Å². The first-order valence-corrected chi connectivity index (χ1v) is 8.96. The van der Waals surface area contributed by atoms with E-state index >= 15 is 0 Å². The van der Waals surface area contributed by atoms with Crippen molar-refractivity contribution < 1.29 is 9.59 Å². The molecule has 3 aliphatic heterocycles. The fraction of sp³-hybridized carbons (Fsp3) is 0.882. The second-order valence-electron chi connectivity index (χ2n) is 7.13. The molecule has 0 aromatic carbocycles. The third-order valence-electron chi connectivity index (χ3n) is 5.73. The highest BCUT2D eigenvalue weighted by atomic mass is 35.5. The van der Waals surface area contributed by atoms with E-state index in [1.165, 1.54) is 12.8 Å². The number of hydrogen-bond donors (Lipinski definition) is 1. The van der Waals surface area contributed by atoms with E-state index in [9.17, 15) is 9.59 Å². The Morgan fingerprint density at radius 2 is 1.87 bits per heavy atom. The van der Waals surface area contributed by atoms with Crippen LogP contribution in [0, 0.1) is 5.92 Å². The van der Waals surface area contributed by atoms with Crippen molar-refractivity contribution in [2.45, 2.75) is 70.5 Å². The number of likely N-dealkylation sites (tertiary alicyclic amines) is 2. The topological polar surface area (TPSA) is 52.7 Å². The minimum absolute atomic E-state index is 0. The summed E-state index contributed by atoms with van der Waals surface area (Å²) in [7, 11) is 0. The van der Waals surface area contributed by atoms with E-state index in [-0.39, 0.29) is 30.1 Å². The van der Waals surface area contributed by atoms with Gasteiger partial charge in [-0.05, 0) is 32.1 Å². The van der Waals surface area contributed by atoms with Crippen LogP contribution in [0.1, 0.15) is 52.4 Å². The van der Waals surface area contributed by atoms with Crippen LogP contribution < -0.4 is 5.32 Å². The highest BCUT2D eigenvalue weighted by Gasteiger charge is 2.40. The lowest BCUT2D eigenvalue weighted by molar-refractivity contribution is -0.136. The summed E-state index contributed by atoms with van der Waals surface area (Å²) in [5.41, 5.74) is 0. The highest BCUT2D eigenvalue weighted by molar-refractivity contribution is 5.89. The van der Waals surface area contributed by atoms with Crippen LogP contribution in [0.15, 0.2) is 0 Å². The van der Waals surface area contributed by atoms with Crippen LogP contribution in [0.25, 0.3) is 0 Å². The molecule has 1 N–H and O–H groups in total. The maximum Gasteiger partial charge on any atom is 0.228 e. The summed E-state index contributed by atoms with van der Waals surface area (Å²) in [5.74, 6) is 0.252. The number of nitrogens with one attached hydrogen (secondary N) is 1. The number of carbonyl (C=O) groups is 2. The van der Waals surface area contributed by atoms with Gasteiger partial charge in [-0.15, -0.1) is 12.4 Å². The van der Waals surface area contributed by atoms with E-state index in [0.717, 1.165) is 32.4 Å². The fourth-order valence-electron chi connectivity index (χ4n) is 4.38. The van der Waals surface area contributed by atoms with Crippen molar-refractivity contribution in [3.8, 4) is 0 Å². The molecule has 0 aromatic heterocycles. The number of rotatable bonds is 4. The lowest BCUT2D eigenvalue weighted by Gasteiger charge is -2.28. The molecule has 3 atom stereocenters. The Bertz CT molecular complexity index is 442. The predicted octanol–water partition coefficient (Wildman–Crippen LogP) is 1.80. The predicted molar refractivity (Wildman–Crippen MR) is 92.6 cm³/mol. The summed E-state index contributed by atoms with van der Waals surface area (Å²) in [6, 6.07) is 1.35. The number of amides is 2. The Hall–Kier alpha value is -0.810. The van der Waals surface area contributed by atoms with Gasteiger partial charge in [-0.1, -0.05) is 13.8 Å². The van der Waals surface area contributed by atoms with E-state index in [0.29, 0.717) is 31.1 Å². The number of carbonyl (C=O) groups excluding carboxylic acids is 2. The molecule has 132 valence electrons. The van der Waals surface area contributed by atoms with Gasteiger partial charge < -0.3 is 15.1 Å². The number of halogens is 1. The van der Waals surface area contributed by atoms with Gasteiger partial charge in [0.1, 0.15) is 0 Å². The van der Waals surface area contributed by atoms with Crippen molar-refractivity contribution in [2.75, 3.05) is 19.6 Å². The third-order valence-corrected chi connectivity index (χ3v) is 5.73. The van der Waals surface area contributed by atoms with Crippen LogP contribution in [0.3, 0.4) is 0 Å². The lowest BCUT2D eigenvalue weighted by Crippen LogP contribution is -2.43. The molecule has 3 unspecified atom stereocenters. The molecule has 0 radical (unpaired) electrons. The van der Waals surface area contributed by atoms with E-state index in [2.05, 4.69) is 19.2 Å². The summed E-state index contributed by atoms with van der Waals surface area (Å²) in [6.45, 7) is 6.54. The average molecular weight is 344 g/mol. The van der Waals surface area contributed by atoms with Crippen molar-refractivity contribution in [1.82, 2.24) is 15.1 Å². The quantitative estimate of drug-likeness (QED) is 0.846. The first kappa shape index (κ1) is 18.5. The number of hydrogen-bond acceptors (Lipinski definition) is 3. The Labute approximate surface area is 145 Å². The molecule has 3 rings (SSSR count). The van der Waals surface area contributed by atoms with Crippen LogP contribution in [-0.4, -0.2) is 59.4 Å². The molecule has 0 saturated carbocycles. The van der Waals surface area contributed by atoms with Gasteiger partial charge in [0.2, 0.25) is 11.8 Å². The van der Waals surface area contributed by atoms with Crippen LogP contribution >= 0.6 is 12.4 Å². The van der Waals surface area contributed by atoms with Crippen LogP contribution in [-0.2, 0) is 9.59 Å². The molecule has 3 heterocycles. The molecule has 3 fully saturated rings. The molecule has 23 heavy (non-hydrogen) atoms. The molecule has 2 amide bonds. The Kier molecular flexibility index (Phi) is 6.32. The van der Waals surface area contributed by atoms with Gasteiger partial charge in [-0.25, -0.2) is 0 Å². The first-order valence-electron chi connectivity index (χ1n) is 8.96. The standard InChI is InChI=1S/C17H29N3O2.ClH/c1-3-15(4-2)20-10-12(9-16(20)21)17(22)19-8-7-13-5-6-14(11-19)18-13;/h12-15,18H,3-11H2,1-2H3;1H. The summed E-state index contributed by atoms with van der Waals surface area (Å²) in [6.07, 6.45) is 5.84. The van der Waals surface area contributed by atoms with Crippen molar-refractivity contribution in [1.29, 1.82) is 0 Å². The van der Waals surface area contributed by atoms with E-state index in [4.69, 9.17) is 0 Å². The Balaban J connectivity index is 0.00000192. The normalized spacial score (nSPS) is 30.6. The molecule has 3 saturated heterocycles. The van der Waals surface area contributed by atoms with Crippen molar-refractivity contribution in [3.63, 3.8) is 0 Å². The van der Waals surface area contributed by atoms with E-state index in [1.54, 1.807) is 0 Å². The largest absolute Gasteiger partial charge is 0.341 e. The maximum absolute atomic E-state index is 12.8. The van der Waals surface area contributed by atoms with Gasteiger partial charge in [0.15, 0.2) is 0 Å². The van der Waals surface area contributed by atoms with Gasteiger partial charge in [0.05, 0.1) is 5.92 Å². The molecular weight excluding hydrogens is 314 g/mol. The fourth-order valence-corrected chi connectivity index (χ4v) is 4.38. The minimum atomic E-state index is -0.121. The molecule has 5 nitrogen and oxygen atoms in total. The minimum Gasteiger partial charge on any atom is -0.341 e. The van der Waals surface area contributed by atoms with Gasteiger partial charge in [-0.3, -0.25) is 9.59 Å². The number of nitrogens with zero attached hydrogens (tertiary/aromatic N) is 2. The molecule has 0 spiro atoms. The van der Waals surface area contributed by atoms with E-state index in [1.807, 2.05) is 9.80 Å². The zero-order chi connectivity index (χ0) is 15.7. The summed E-state index contributed by atoms with van der Waals surface area (Å²) < 4.78 is 0. The van der Waals surface area contributed by atoms with Crippen molar-refractivity contribution in [3.05, 3.63) is 0 Å². The Morgan fingerprint density at radius 3 is 2.57 bits per heavy atom. The van der Waals surface area contributed by atoms with E-state index < -0.39 is 0 Å². The third kappa shape index (κ3) is 3.82. The second kappa shape index (κ2) is 7.84. The zero-order valence-corrected chi connectivity index (χ0v) is 15.1. The molecule has 0 aromatic rings. The molecule has 3 aliphatic rings. The smallest absolute Gasteiger partial charge is 0.228 e. The molecular formula is C17H30ClN3O2. The lowest BCUT2D eigenvalue weighted by atomic mass is 10.0. The summed E-state index contributed by atoms with van der Waals surface area (Å²) >= 11 is 0. The van der Waals surface area contributed by atoms with Gasteiger partial charge in [0.25, 0.3) is 0 Å². The van der Waals surface area contributed by atoms with Crippen LogP contribution in [0.2, 0.25) is 0 Å². The molecule has 0 aliphatic carbocycles. The average Bonchev–Trinajstić information content (AvgIpc) is 3.03. The second-order valence-corrected chi connectivity index (χ2v) is 7.13. The van der Waals surface area contributed by atoms with Gasteiger partial charge >= 0.3 is 0 Å². The maximum atomic E-state index is 12.8. The summed E-state index contributed by atoms with van der Waals surface area (Å²) in [4.78, 5) is 29.1. The number of fused-ring (bicyclic) bond motifs is 2. The van der Waals surface area contributed by atoms with Crippen LogP contribution in [0.4, 0.5) is 0 Å². The zero-order valence-electron chi connectivity index (χ0n) is 14.3. The Morgan fingerprint density at radius 1 is 1.17 bits per heavy atom. The first-order chi connectivity index (χ1) is 10.6. The molecule has 6 heteroatoms. The SMILES string of the molecule is CCC(CC)N1CC(C(=O)N2CCC3CCC(C2)N3)CC1=O.Cl. The van der Waals surface area contributed by atoms with Gasteiger partial charge in [-0.2, -0.15) is 0 Å².